The van der Waals surface area contributed by atoms with Crippen LogP contribution in [0.15, 0.2) is 0 Å². The molecule has 3 atom stereocenters. The van der Waals surface area contributed by atoms with Gasteiger partial charge in [0.05, 0.1) is 6.10 Å². The first-order valence-electron chi connectivity index (χ1n) is 5.51. The summed E-state index contributed by atoms with van der Waals surface area (Å²) in [4.78, 5) is 0. The van der Waals surface area contributed by atoms with Crippen LogP contribution in [0.25, 0.3) is 0 Å². The average molecular weight is 328 g/mol. The maximum atomic E-state index is 9.89. The molecule has 1 aliphatic rings. The van der Waals surface area contributed by atoms with Gasteiger partial charge in [-0.2, -0.15) is 0 Å². The number of ether oxygens (including phenoxy) is 1. The van der Waals surface area contributed by atoms with Crippen LogP contribution in [0.2, 0.25) is 0 Å². The molecule has 90 valence electrons. The highest BCUT2D eigenvalue weighted by Gasteiger charge is 2.39. The van der Waals surface area contributed by atoms with Crippen molar-refractivity contribution in [2.75, 3.05) is 0 Å². The van der Waals surface area contributed by atoms with Gasteiger partial charge in [-0.05, 0) is 32.6 Å². The number of aliphatic hydroxyl groups excluding tert-OH is 1. The van der Waals surface area contributed by atoms with Crippen LogP contribution in [0.1, 0.15) is 40.5 Å². The van der Waals surface area contributed by atoms with E-state index in [0.717, 1.165) is 12.8 Å². The summed E-state index contributed by atoms with van der Waals surface area (Å²) in [7, 11) is 0. The summed E-state index contributed by atoms with van der Waals surface area (Å²) in [5.74, 6) is 0.718. The van der Waals surface area contributed by atoms with E-state index in [2.05, 4.69) is 13.8 Å². The van der Waals surface area contributed by atoms with Crippen molar-refractivity contribution in [2.45, 2.75) is 58.5 Å². The van der Waals surface area contributed by atoms with Crippen LogP contribution < -0.4 is 0 Å². The van der Waals surface area contributed by atoms with Gasteiger partial charge in [-0.25, -0.2) is 0 Å². The lowest BCUT2D eigenvalue weighted by Gasteiger charge is -2.41. The fourth-order valence-electron chi connectivity index (χ4n) is 2.05. The minimum absolute atomic E-state index is 0.0144. The predicted octanol–water partition coefficient (Wildman–Crippen LogP) is 2.90. The normalized spacial score (nSPS) is 33.4. The second kappa shape index (κ2) is 5.29. The smallest absolute Gasteiger partial charge is 0.158 e. The van der Waals surface area contributed by atoms with Gasteiger partial charge in [0.25, 0.3) is 0 Å². The Bertz CT molecular complexity index is 206. The van der Waals surface area contributed by atoms with Crippen LogP contribution >= 0.6 is 23.0 Å². The molecule has 0 spiro atoms. The van der Waals surface area contributed by atoms with Gasteiger partial charge in [0.2, 0.25) is 0 Å². The summed E-state index contributed by atoms with van der Waals surface area (Å²) >= 11 is 1.90. The summed E-state index contributed by atoms with van der Waals surface area (Å²) in [6, 6.07) is 0. The molecule has 0 aromatic carbocycles. The van der Waals surface area contributed by atoms with E-state index in [9.17, 15) is 5.11 Å². The van der Waals surface area contributed by atoms with Crippen molar-refractivity contribution in [1.82, 2.24) is 0 Å². The number of hydrogen-bond donors (Lipinski definition) is 1. The van der Waals surface area contributed by atoms with Crippen LogP contribution in [0.5, 0.6) is 0 Å². The first-order chi connectivity index (χ1) is 6.88. The van der Waals surface area contributed by atoms with Gasteiger partial charge in [0.15, 0.2) is 6.29 Å². The van der Waals surface area contributed by atoms with Crippen LogP contribution in [-0.2, 0) is 7.80 Å². The molecule has 0 aromatic rings. The van der Waals surface area contributed by atoms with Gasteiger partial charge in [0, 0.05) is 5.92 Å². The third-order valence-electron chi connectivity index (χ3n) is 3.26. The van der Waals surface area contributed by atoms with E-state index in [0.29, 0.717) is 5.92 Å². The summed E-state index contributed by atoms with van der Waals surface area (Å²) in [6.45, 7) is 8.23. The SMILES string of the molecule is CC(C)C1CCC(C(C)(C)OI)OC1O. The predicted molar refractivity (Wildman–Crippen MR) is 67.6 cm³/mol. The lowest BCUT2D eigenvalue weighted by atomic mass is 9.84. The third kappa shape index (κ3) is 3.28. The molecule has 1 saturated heterocycles. The highest BCUT2D eigenvalue weighted by molar-refractivity contribution is 14.1. The molecule has 0 bridgehead atoms. The van der Waals surface area contributed by atoms with Crippen LogP contribution in [-0.4, -0.2) is 23.1 Å². The highest BCUT2D eigenvalue weighted by atomic mass is 127. The lowest BCUT2D eigenvalue weighted by Crippen LogP contribution is -2.47. The molecule has 0 saturated carbocycles. The molecule has 3 unspecified atom stereocenters. The second-order valence-electron chi connectivity index (χ2n) is 5.18. The standard InChI is InChI=1S/C11H21IO3/c1-7(2)8-5-6-9(14-10(8)13)11(3,4)15-12/h7-10,13H,5-6H2,1-4H3. The van der Waals surface area contributed by atoms with Gasteiger partial charge in [-0.1, -0.05) is 13.8 Å². The molecular weight excluding hydrogens is 307 g/mol. The highest BCUT2D eigenvalue weighted by Crippen LogP contribution is 2.35. The first kappa shape index (κ1) is 13.7. The molecular formula is C11H21IO3. The summed E-state index contributed by atoms with van der Waals surface area (Å²) in [5, 5.41) is 9.89. The van der Waals surface area contributed by atoms with E-state index in [1.165, 1.54) is 0 Å². The molecule has 0 aliphatic carbocycles. The average Bonchev–Trinajstić information content (AvgIpc) is 2.17. The Morgan fingerprint density at radius 1 is 1.40 bits per heavy atom. The zero-order chi connectivity index (χ0) is 11.6. The van der Waals surface area contributed by atoms with E-state index in [1.807, 2.05) is 36.9 Å². The molecule has 0 radical (unpaired) electrons. The molecule has 3 nitrogen and oxygen atoms in total. The molecule has 15 heavy (non-hydrogen) atoms. The van der Waals surface area contributed by atoms with Crippen molar-refractivity contribution in [3.63, 3.8) is 0 Å². The van der Waals surface area contributed by atoms with Crippen molar-refractivity contribution >= 4 is 23.0 Å². The Hall–Kier alpha value is 0.610. The number of rotatable bonds is 3. The van der Waals surface area contributed by atoms with Gasteiger partial charge in [-0.15, -0.1) is 0 Å². The largest absolute Gasteiger partial charge is 0.368 e. The minimum atomic E-state index is -0.644. The molecule has 1 rings (SSSR count). The van der Waals surface area contributed by atoms with E-state index in [4.69, 9.17) is 7.80 Å². The van der Waals surface area contributed by atoms with Crippen molar-refractivity contribution in [2.24, 2.45) is 11.8 Å². The maximum Gasteiger partial charge on any atom is 0.158 e. The molecule has 1 aliphatic heterocycles. The van der Waals surface area contributed by atoms with E-state index in [1.54, 1.807) is 0 Å². The number of hydrogen-bond acceptors (Lipinski definition) is 3. The molecule has 0 aromatic heterocycles. The Morgan fingerprint density at radius 2 is 2.00 bits per heavy atom. The van der Waals surface area contributed by atoms with Crippen molar-refractivity contribution in [1.29, 1.82) is 0 Å². The maximum absolute atomic E-state index is 9.89. The van der Waals surface area contributed by atoms with Gasteiger partial charge in [-0.3, -0.25) is 0 Å². The fourth-order valence-corrected chi connectivity index (χ4v) is 2.33. The Balaban J connectivity index is 2.58. The Kier molecular flexibility index (Phi) is 4.83. The molecule has 0 amide bonds. The van der Waals surface area contributed by atoms with Crippen LogP contribution in [0, 0.1) is 11.8 Å². The Labute approximate surface area is 106 Å². The topological polar surface area (TPSA) is 38.7 Å². The fraction of sp³-hybridized carbons (Fsp3) is 1.00. The minimum Gasteiger partial charge on any atom is -0.368 e. The number of aliphatic hydroxyl groups is 1. The Morgan fingerprint density at radius 3 is 2.40 bits per heavy atom. The van der Waals surface area contributed by atoms with E-state index < -0.39 is 6.29 Å². The zero-order valence-electron chi connectivity index (χ0n) is 9.87. The summed E-state index contributed by atoms with van der Waals surface area (Å²) < 4.78 is 11.0. The summed E-state index contributed by atoms with van der Waals surface area (Å²) in [5.41, 5.74) is -0.330. The first-order valence-corrected chi connectivity index (χ1v) is 6.40. The molecule has 1 N–H and O–H groups in total. The number of halogens is 1. The van der Waals surface area contributed by atoms with E-state index >= 15 is 0 Å². The second-order valence-corrected chi connectivity index (χ2v) is 5.62. The van der Waals surface area contributed by atoms with Gasteiger partial charge >= 0.3 is 0 Å². The third-order valence-corrected chi connectivity index (χ3v) is 4.40. The van der Waals surface area contributed by atoms with Crippen molar-refractivity contribution in [3.05, 3.63) is 0 Å². The molecule has 1 heterocycles. The van der Waals surface area contributed by atoms with Crippen molar-refractivity contribution < 1.29 is 12.9 Å². The summed E-state index contributed by atoms with van der Waals surface area (Å²) in [6.07, 6.45) is 1.30. The van der Waals surface area contributed by atoms with Gasteiger partial charge in [0.1, 0.15) is 28.6 Å². The van der Waals surface area contributed by atoms with E-state index in [-0.39, 0.29) is 17.6 Å². The quantitative estimate of drug-likeness (QED) is 0.810. The molecule has 1 fully saturated rings. The van der Waals surface area contributed by atoms with Crippen molar-refractivity contribution in [3.8, 4) is 0 Å². The van der Waals surface area contributed by atoms with Crippen LogP contribution in [0.4, 0.5) is 0 Å². The zero-order valence-corrected chi connectivity index (χ0v) is 12.0. The lowest BCUT2D eigenvalue weighted by molar-refractivity contribution is -0.230. The van der Waals surface area contributed by atoms with Crippen LogP contribution in [0.3, 0.4) is 0 Å². The molecule has 4 heteroatoms. The monoisotopic (exact) mass is 328 g/mol. The van der Waals surface area contributed by atoms with Gasteiger partial charge < -0.3 is 12.9 Å².